The Morgan fingerprint density at radius 3 is 2.71 bits per heavy atom. The van der Waals surface area contributed by atoms with Crippen LogP contribution in [0, 0.1) is 11.7 Å². The summed E-state index contributed by atoms with van der Waals surface area (Å²) in [6.45, 7) is 0. The summed E-state index contributed by atoms with van der Waals surface area (Å²) < 4.78 is 57.6. The first kappa shape index (κ1) is 16.1. The number of nitrogens with two attached hydrogens (primary N) is 1. The van der Waals surface area contributed by atoms with Crippen molar-refractivity contribution in [2.24, 2.45) is 11.7 Å². The minimum Gasteiger partial charge on any atom is -0.494 e. The highest BCUT2D eigenvalue weighted by Crippen LogP contribution is 2.42. The topological polar surface area (TPSA) is 35.2 Å². The Bertz CT molecular complexity index is 503. The molecule has 2 rings (SSSR count). The van der Waals surface area contributed by atoms with Gasteiger partial charge in [0.15, 0.2) is 11.6 Å². The van der Waals surface area contributed by atoms with Crippen molar-refractivity contribution in [3.05, 3.63) is 29.6 Å². The van der Waals surface area contributed by atoms with Gasteiger partial charge in [0.1, 0.15) is 0 Å². The smallest absolute Gasteiger partial charge is 0.391 e. The number of hydrogen-bond acceptors (Lipinski definition) is 2. The van der Waals surface area contributed by atoms with Gasteiger partial charge in [-0.25, -0.2) is 4.39 Å². The number of hydrogen-bond donors (Lipinski definition) is 1. The van der Waals surface area contributed by atoms with Gasteiger partial charge in [0.2, 0.25) is 0 Å². The Balaban J connectivity index is 2.18. The van der Waals surface area contributed by atoms with E-state index in [0.29, 0.717) is 18.4 Å². The highest BCUT2D eigenvalue weighted by atomic mass is 19.4. The summed E-state index contributed by atoms with van der Waals surface area (Å²) in [6, 6.07) is 4.63. The maximum atomic E-state index is 14.1. The first-order valence-corrected chi connectivity index (χ1v) is 6.92. The lowest BCUT2D eigenvalue weighted by Gasteiger charge is -2.39. The average molecular weight is 305 g/mol. The molecule has 1 saturated carbocycles. The SMILES string of the molecule is COc1cccc(CC2(N)CCCC(C(F)(F)F)C2)c1F. The molecule has 0 spiro atoms. The van der Waals surface area contributed by atoms with Crippen LogP contribution in [-0.4, -0.2) is 18.8 Å². The fourth-order valence-corrected chi connectivity index (χ4v) is 3.07. The first-order chi connectivity index (χ1) is 9.75. The van der Waals surface area contributed by atoms with Crippen LogP contribution in [0.1, 0.15) is 31.2 Å². The molecule has 1 fully saturated rings. The predicted molar refractivity (Wildman–Crippen MR) is 71.6 cm³/mol. The van der Waals surface area contributed by atoms with E-state index in [1.165, 1.54) is 13.2 Å². The maximum Gasteiger partial charge on any atom is 0.391 e. The minimum atomic E-state index is -4.24. The van der Waals surface area contributed by atoms with Crippen LogP contribution in [0.15, 0.2) is 18.2 Å². The molecular formula is C15H19F4NO. The highest BCUT2D eigenvalue weighted by molar-refractivity contribution is 5.32. The van der Waals surface area contributed by atoms with Crippen LogP contribution in [-0.2, 0) is 6.42 Å². The van der Waals surface area contributed by atoms with E-state index in [4.69, 9.17) is 10.5 Å². The Hall–Kier alpha value is -1.30. The van der Waals surface area contributed by atoms with Crippen LogP contribution in [0.5, 0.6) is 5.75 Å². The molecule has 0 amide bonds. The minimum absolute atomic E-state index is 0.0827. The molecule has 2 unspecified atom stereocenters. The monoisotopic (exact) mass is 305 g/mol. The second kappa shape index (κ2) is 5.83. The molecule has 118 valence electrons. The second-order valence-electron chi connectivity index (χ2n) is 5.81. The zero-order valence-electron chi connectivity index (χ0n) is 11.8. The Kier molecular flexibility index (Phi) is 4.46. The molecule has 1 aliphatic carbocycles. The molecule has 2 N–H and O–H groups in total. The third kappa shape index (κ3) is 3.67. The Labute approximate surface area is 121 Å². The molecule has 0 radical (unpaired) electrons. The van der Waals surface area contributed by atoms with Gasteiger partial charge in [-0.05, 0) is 37.3 Å². The fourth-order valence-electron chi connectivity index (χ4n) is 3.07. The van der Waals surface area contributed by atoms with Gasteiger partial charge in [0.05, 0.1) is 13.0 Å². The molecule has 21 heavy (non-hydrogen) atoms. The average Bonchev–Trinajstić information content (AvgIpc) is 2.40. The summed E-state index contributed by atoms with van der Waals surface area (Å²) in [6.07, 6.45) is -3.33. The van der Waals surface area contributed by atoms with Crippen LogP contribution in [0.2, 0.25) is 0 Å². The molecule has 6 heteroatoms. The van der Waals surface area contributed by atoms with Crippen molar-refractivity contribution in [2.45, 2.75) is 43.8 Å². The lowest BCUT2D eigenvalue weighted by Crippen LogP contribution is -2.49. The molecule has 1 aromatic rings. The molecule has 0 aliphatic heterocycles. The van der Waals surface area contributed by atoms with Gasteiger partial charge in [-0.2, -0.15) is 13.2 Å². The molecule has 2 atom stereocenters. The van der Waals surface area contributed by atoms with Crippen LogP contribution in [0.3, 0.4) is 0 Å². The predicted octanol–water partition coefficient (Wildman–Crippen LogP) is 3.83. The number of halogens is 4. The largest absolute Gasteiger partial charge is 0.494 e. The third-order valence-corrected chi connectivity index (χ3v) is 4.15. The van der Waals surface area contributed by atoms with Gasteiger partial charge < -0.3 is 10.5 Å². The summed E-state index contributed by atoms with van der Waals surface area (Å²) in [5.41, 5.74) is 5.41. The van der Waals surface area contributed by atoms with Crippen molar-refractivity contribution in [2.75, 3.05) is 7.11 Å². The van der Waals surface area contributed by atoms with E-state index < -0.39 is 23.5 Å². The lowest BCUT2D eigenvalue weighted by atomic mass is 9.73. The summed E-state index contributed by atoms with van der Waals surface area (Å²) >= 11 is 0. The van der Waals surface area contributed by atoms with Gasteiger partial charge >= 0.3 is 6.18 Å². The van der Waals surface area contributed by atoms with Crippen molar-refractivity contribution >= 4 is 0 Å². The van der Waals surface area contributed by atoms with Crippen LogP contribution in [0.4, 0.5) is 17.6 Å². The van der Waals surface area contributed by atoms with E-state index in [2.05, 4.69) is 0 Å². The van der Waals surface area contributed by atoms with E-state index in [0.717, 1.165) is 0 Å². The number of ether oxygens (including phenoxy) is 1. The van der Waals surface area contributed by atoms with E-state index in [1.807, 2.05) is 0 Å². The summed E-state index contributed by atoms with van der Waals surface area (Å²) in [4.78, 5) is 0. The standard InChI is InChI=1S/C15H19F4NO/c1-21-12-6-2-4-10(13(12)16)8-14(20)7-3-5-11(9-14)15(17,18)19/h2,4,6,11H,3,5,7-9,20H2,1H3. The van der Waals surface area contributed by atoms with Crippen LogP contribution >= 0.6 is 0 Å². The van der Waals surface area contributed by atoms with Crippen LogP contribution < -0.4 is 10.5 Å². The van der Waals surface area contributed by atoms with Crippen molar-refractivity contribution in [1.29, 1.82) is 0 Å². The van der Waals surface area contributed by atoms with Gasteiger partial charge in [-0.15, -0.1) is 0 Å². The summed E-state index contributed by atoms with van der Waals surface area (Å²) in [5, 5.41) is 0. The highest BCUT2D eigenvalue weighted by Gasteiger charge is 2.46. The number of rotatable bonds is 3. The second-order valence-corrected chi connectivity index (χ2v) is 5.81. The van der Waals surface area contributed by atoms with Gasteiger partial charge in [-0.3, -0.25) is 0 Å². The van der Waals surface area contributed by atoms with Crippen molar-refractivity contribution in [3.63, 3.8) is 0 Å². The van der Waals surface area contributed by atoms with Gasteiger partial charge in [-0.1, -0.05) is 18.6 Å². The summed E-state index contributed by atoms with van der Waals surface area (Å²) in [5.74, 6) is -1.86. The number of benzene rings is 1. The molecule has 0 saturated heterocycles. The third-order valence-electron chi connectivity index (χ3n) is 4.15. The Morgan fingerprint density at radius 2 is 2.10 bits per heavy atom. The number of alkyl halides is 3. The normalized spacial score (nSPS) is 26.7. The molecular weight excluding hydrogens is 286 g/mol. The Morgan fingerprint density at radius 1 is 1.38 bits per heavy atom. The van der Waals surface area contributed by atoms with Crippen molar-refractivity contribution in [1.82, 2.24) is 0 Å². The first-order valence-electron chi connectivity index (χ1n) is 6.92. The zero-order chi connectivity index (χ0) is 15.7. The summed E-state index contributed by atoms with van der Waals surface area (Å²) in [7, 11) is 1.35. The van der Waals surface area contributed by atoms with E-state index >= 15 is 0 Å². The van der Waals surface area contributed by atoms with Crippen LogP contribution in [0.25, 0.3) is 0 Å². The molecule has 0 bridgehead atoms. The van der Waals surface area contributed by atoms with Crippen molar-refractivity contribution < 1.29 is 22.3 Å². The molecule has 1 aromatic carbocycles. The van der Waals surface area contributed by atoms with Gasteiger partial charge in [0.25, 0.3) is 0 Å². The molecule has 1 aliphatic rings. The number of methoxy groups -OCH3 is 1. The molecule has 0 heterocycles. The molecule has 2 nitrogen and oxygen atoms in total. The van der Waals surface area contributed by atoms with E-state index in [-0.39, 0.29) is 25.0 Å². The van der Waals surface area contributed by atoms with E-state index in [1.54, 1.807) is 12.1 Å². The van der Waals surface area contributed by atoms with Crippen molar-refractivity contribution in [3.8, 4) is 5.75 Å². The fraction of sp³-hybridized carbons (Fsp3) is 0.600. The molecule has 0 aromatic heterocycles. The lowest BCUT2D eigenvalue weighted by molar-refractivity contribution is -0.187. The van der Waals surface area contributed by atoms with Gasteiger partial charge in [0, 0.05) is 5.54 Å². The zero-order valence-corrected chi connectivity index (χ0v) is 11.8. The maximum absolute atomic E-state index is 14.1. The quantitative estimate of drug-likeness (QED) is 0.862. The van der Waals surface area contributed by atoms with E-state index in [9.17, 15) is 17.6 Å².